The van der Waals surface area contributed by atoms with Gasteiger partial charge in [0.05, 0.1) is 0 Å². The van der Waals surface area contributed by atoms with Gasteiger partial charge in [-0.15, -0.1) is 12.8 Å². The Morgan fingerprint density at radius 1 is 0.576 bits per heavy atom. The minimum atomic E-state index is 0.921. The molecule has 0 saturated heterocycles. The van der Waals surface area contributed by atoms with Crippen LogP contribution in [0.15, 0.2) is 36.4 Å². The quantitative estimate of drug-likeness (QED) is 0.164. The van der Waals surface area contributed by atoms with Crippen LogP contribution in [0, 0.1) is 24.7 Å². The maximum absolute atomic E-state index is 5.65. The number of terminal acetylenes is 2. The lowest BCUT2D eigenvalue weighted by Crippen LogP contribution is -1.98. The highest BCUT2D eigenvalue weighted by molar-refractivity contribution is 6.08. The second kappa shape index (κ2) is 13.8. The number of aryl methyl sites for hydroxylation is 1. The number of hydrogen-bond donors (Lipinski definition) is 0. The van der Waals surface area contributed by atoms with Gasteiger partial charge in [-0.3, -0.25) is 0 Å². The molecular formula is C32H41N. The molecule has 1 nitrogen and oxygen atoms in total. The minimum absolute atomic E-state index is 0.921. The second-order valence-electron chi connectivity index (χ2n) is 9.50. The highest BCUT2D eigenvalue weighted by atomic mass is 15.0. The first-order valence-corrected chi connectivity index (χ1v) is 13.3. The number of fused-ring (bicyclic) bond motifs is 3. The van der Waals surface area contributed by atoms with E-state index in [0.717, 1.165) is 17.7 Å². The van der Waals surface area contributed by atoms with Crippen molar-refractivity contribution in [3.05, 3.63) is 47.5 Å². The van der Waals surface area contributed by atoms with Crippen LogP contribution in [0.25, 0.3) is 21.8 Å². The molecular weight excluding hydrogens is 398 g/mol. The molecule has 0 saturated carbocycles. The number of hydrogen-bond acceptors (Lipinski definition) is 0. The molecule has 0 aliphatic carbocycles. The summed E-state index contributed by atoms with van der Waals surface area (Å²) in [6, 6.07) is 12.7. The Bertz CT molecular complexity index is 1010. The Balaban J connectivity index is 1.42. The molecule has 0 radical (unpaired) electrons. The van der Waals surface area contributed by atoms with Crippen molar-refractivity contribution in [1.82, 2.24) is 4.57 Å². The molecule has 1 heterocycles. The van der Waals surface area contributed by atoms with Crippen molar-refractivity contribution in [2.75, 3.05) is 0 Å². The van der Waals surface area contributed by atoms with Gasteiger partial charge in [0.2, 0.25) is 0 Å². The Labute approximate surface area is 202 Å². The maximum Gasteiger partial charge on any atom is 0.0492 e. The molecule has 3 rings (SSSR count). The Morgan fingerprint density at radius 3 is 1.36 bits per heavy atom. The molecule has 0 unspecified atom stereocenters. The van der Waals surface area contributed by atoms with Gasteiger partial charge in [0, 0.05) is 39.5 Å². The van der Waals surface area contributed by atoms with Gasteiger partial charge in [0.15, 0.2) is 0 Å². The summed E-state index contributed by atoms with van der Waals surface area (Å²) in [6.45, 7) is 3.33. The van der Waals surface area contributed by atoms with Gasteiger partial charge in [0.1, 0.15) is 0 Å². The first-order chi connectivity index (χ1) is 16.3. The summed E-state index contributed by atoms with van der Waals surface area (Å²) in [7, 11) is 0. The summed E-state index contributed by atoms with van der Waals surface area (Å²) in [5, 5.41) is 2.42. The van der Waals surface area contributed by atoms with E-state index in [-0.39, 0.29) is 0 Å². The second-order valence-corrected chi connectivity index (χ2v) is 9.50. The molecule has 3 aromatic rings. The largest absolute Gasteiger partial charge is 0.340 e. The fourth-order valence-corrected chi connectivity index (χ4v) is 4.99. The molecule has 0 amide bonds. The maximum atomic E-state index is 5.65. The van der Waals surface area contributed by atoms with Crippen LogP contribution in [-0.2, 0) is 6.54 Å². The summed E-state index contributed by atoms with van der Waals surface area (Å²) in [5.74, 6) is 5.54. The van der Waals surface area contributed by atoms with Crippen molar-refractivity contribution >= 4 is 21.8 Å². The van der Waals surface area contributed by atoms with Crippen LogP contribution >= 0.6 is 0 Å². The Kier molecular flexibility index (Phi) is 10.5. The van der Waals surface area contributed by atoms with Crippen LogP contribution in [0.3, 0.4) is 0 Å². The average molecular weight is 440 g/mol. The Hall–Kier alpha value is -2.64. The zero-order chi connectivity index (χ0) is 23.3. The third-order valence-electron chi connectivity index (χ3n) is 6.93. The van der Waals surface area contributed by atoms with E-state index in [2.05, 4.69) is 47.6 Å². The molecule has 0 aliphatic rings. The van der Waals surface area contributed by atoms with E-state index in [1.165, 1.54) is 112 Å². The molecule has 33 heavy (non-hydrogen) atoms. The van der Waals surface area contributed by atoms with Crippen molar-refractivity contribution in [2.45, 2.75) is 103 Å². The van der Waals surface area contributed by atoms with E-state index in [9.17, 15) is 0 Å². The fourth-order valence-electron chi connectivity index (χ4n) is 4.99. The molecule has 0 fully saturated rings. The summed E-state index contributed by atoms with van der Waals surface area (Å²) in [4.78, 5) is 0. The van der Waals surface area contributed by atoms with E-state index in [0.29, 0.717) is 0 Å². The molecule has 0 bridgehead atoms. The molecule has 0 N–H and O–H groups in total. The SMILES string of the molecule is C#Cc1ccc2c(c1)c1cc(C#C)ccc1n2CCCCCCCCCCCCCCCC. The number of rotatable bonds is 15. The van der Waals surface area contributed by atoms with Crippen molar-refractivity contribution in [2.24, 2.45) is 0 Å². The molecule has 2 aromatic carbocycles. The van der Waals surface area contributed by atoms with Crippen LogP contribution in [0.5, 0.6) is 0 Å². The van der Waals surface area contributed by atoms with Gasteiger partial charge < -0.3 is 4.57 Å². The number of unbranched alkanes of at least 4 members (excludes halogenated alkanes) is 13. The minimum Gasteiger partial charge on any atom is -0.340 e. The third kappa shape index (κ3) is 7.17. The van der Waals surface area contributed by atoms with Gasteiger partial charge in [0.25, 0.3) is 0 Å². The molecule has 0 atom stereocenters. The number of nitrogens with zero attached hydrogens (tertiary/aromatic N) is 1. The van der Waals surface area contributed by atoms with E-state index in [4.69, 9.17) is 12.8 Å². The summed E-state index contributed by atoms with van der Waals surface area (Å²) >= 11 is 0. The zero-order valence-corrected chi connectivity index (χ0v) is 20.7. The van der Waals surface area contributed by atoms with Crippen LogP contribution in [0.1, 0.15) is 108 Å². The van der Waals surface area contributed by atoms with Gasteiger partial charge in [-0.05, 0) is 42.8 Å². The molecule has 174 valence electrons. The smallest absolute Gasteiger partial charge is 0.0492 e. The van der Waals surface area contributed by atoms with Crippen molar-refractivity contribution in [3.8, 4) is 24.7 Å². The zero-order valence-electron chi connectivity index (χ0n) is 20.7. The molecule has 1 aromatic heterocycles. The lowest BCUT2D eigenvalue weighted by molar-refractivity contribution is 0.528. The molecule has 0 aliphatic heterocycles. The van der Waals surface area contributed by atoms with Crippen LogP contribution in [-0.4, -0.2) is 4.57 Å². The first-order valence-electron chi connectivity index (χ1n) is 13.3. The molecule has 1 heteroatoms. The third-order valence-corrected chi connectivity index (χ3v) is 6.93. The van der Waals surface area contributed by atoms with Gasteiger partial charge in [-0.1, -0.05) is 102 Å². The van der Waals surface area contributed by atoms with E-state index in [1.54, 1.807) is 0 Å². The lowest BCUT2D eigenvalue weighted by Gasteiger charge is -2.08. The highest BCUT2D eigenvalue weighted by Crippen LogP contribution is 2.31. The summed E-state index contributed by atoms with van der Waals surface area (Å²) < 4.78 is 2.45. The molecule has 0 spiro atoms. The number of aromatic nitrogens is 1. The summed E-state index contributed by atoms with van der Waals surface area (Å²) in [6.07, 6.45) is 30.7. The predicted molar refractivity (Wildman–Crippen MR) is 146 cm³/mol. The van der Waals surface area contributed by atoms with E-state index < -0.39 is 0 Å². The van der Waals surface area contributed by atoms with Crippen molar-refractivity contribution in [3.63, 3.8) is 0 Å². The first kappa shape index (κ1) is 25.0. The lowest BCUT2D eigenvalue weighted by atomic mass is 10.0. The van der Waals surface area contributed by atoms with E-state index >= 15 is 0 Å². The van der Waals surface area contributed by atoms with Crippen LogP contribution in [0.4, 0.5) is 0 Å². The van der Waals surface area contributed by atoms with E-state index in [1.807, 2.05) is 12.1 Å². The van der Waals surface area contributed by atoms with Crippen LogP contribution in [0.2, 0.25) is 0 Å². The van der Waals surface area contributed by atoms with Crippen molar-refractivity contribution < 1.29 is 0 Å². The monoisotopic (exact) mass is 439 g/mol. The topological polar surface area (TPSA) is 4.93 Å². The predicted octanol–water partition coefficient (Wildman–Crippen LogP) is 9.24. The summed E-state index contributed by atoms with van der Waals surface area (Å²) in [5.41, 5.74) is 4.36. The van der Waals surface area contributed by atoms with Crippen molar-refractivity contribution in [1.29, 1.82) is 0 Å². The average Bonchev–Trinajstić information content (AvgIpc) is 3.16. The van der Waals surface area contributed by atoms with Crippen LogP contribution < -0.4 is 0 Å². The number of benzene rings is 2. The Morgan fingerprint density at radius 2 is 0.970 bits per heavy atom. The fraction of sp³-hybridized carbons (Fsp3) is 0.500. The van der Waals surface area contributed by atoms with Gasteiger partial charge in [-0.25, -0.2) is 0 Å². The highest BCUT2D eigenvalue weighted by Gasteiger charge is 2.11. The standard InChI is InChI=1S/C32H41N/c1-4-7-8-9-10-11-12-13-14-15-16-17-18-19-24-33-31-22-20-27(5-2)25-29(31)30-26-28(6-3)21-23-32(30)33/h2-3,20-23,25-26H,4,7-19,24H2,1H3. The normalized spacial score (nSPS) is 11.1. The van der Waals surface area contributed by atoms with Gasteiger partial charge >= 0.3 is 0 Å². The van der Waals surface area contributed by atoms with Gasteiger partial charge in [-0.2, -0.15) is 0 Å².